The van der Waals surface area contributed by atoms with Crippen molar-refractivity contribution in [3.8, 4) is 0 Å². The smallest absolute Gasteiger partial charge is 0.259 e. The second kappa shape index (κ2) is 5.20. The Bertz CT molecular complexity index is 673. The van der Waals surface area contributed by atoms with E-state index in [1.165, 1.54) is 0 Å². The van der Waals surface area contributed by atoms with Crippen molar-refractivity contribution in [3.63, 3.8) is 0 Å². The molecule has 0 saturated carbocycles. The summed E-state index contributed by atoms with van der Waals surface area (Å²) in [5.41, 5.74) is 1.58. The normalized spacial score (nSPS) is 19.2. The Labute approximate surface area is 117 Å². The van der Waals surface area contributed by atoms with Crippen molar-refractivity contribution in [2.45, 2.75) is 18.8 Å². The molecule has 6 nitrogen and oxygen atoms in total. The minimum absolute atomic E-state index is 0.103. The fourth-order valence-electron chi connectivity index (χ4n) is 2.60. The van der Waals surface area contributed by atoms with Gasteiger partial charge in [-0.2, -0.15) is 0 Å². The lowest BCUT2D eigenvalue weighted by atomic mass is 9.95. The van der Waals surface area contributed by atoms with Gasteiger partial charge in [-0.1, -0.05) is 0 Å². The van der Waals surface area contributed by atoms with Crippen molar-refractivity contribution in [1.29, 1.82) is 0 Å². The highest BCUT2D eigenvalue weighted by Crippen LogP contribution is 2.22. The number of aromatic amines is 1. The molecule has 1 atom stereocenters. The molecule has 0 aliphatic carbocycles. The third-order valence-corrected chi connectivity index (χ3v) is 3.74. The van der Waals surface area contributed by atoms with Crippen molar-refractivity contribution in [1.82, 2.24) is 20.3 Å². The van der Waals surface area contributed by atoms with E-state index in [0.717, 1.165) is 31.6 Å². The molecule has 2 aromatic rings. The molecule has 0 amide bonds. The minimum atomic E-state index is -0.103. The van der Waals surface area contributed by atoms with Gasteiger partial charge in [-0.15, -0.1) is 0 Å². The molecule has 0 bridgehead atoms. The van der Waals surface area contributed by atoms with Crippen LogP contribution >= 0.6 is 0 Å². The average molecular weight is 273 g/mol. The quantitative estimate of drug-likeness (QED) is 0.848. The number of piperidine rings is 1. The van der Waals surface area contributed by atoms with Crippen molar-refractivity contribution < 1.29 is 0 Å². The number of fused-ring (bicyclic) bond motifs is 1. The number of H-pyrrole nitrogens is 1. The number of nitrogens with one attached hydrogen (secondary N) is 2. The van der Waals surface area contributed by atoms with E-state index < -0.39 is 0 Å². The number of pyridine rings is 1. The lowest BCUT2D eigenvalue weighted by Crippen LogP contribution is -2.29. The average Bonchev–Trinajstić information content (AvgIpc) is 2.47. The molecule has 0 aromatic carbocycles. The predicted molar refractivity (Wildman–Crippen MR) is 79.3 cm³/mol. The SMILES string of the molecule is CN(C)c1ncc2c(=O)[nH]c([C@H]3CCCNC3)cc2n1. The highest BCUT2D eigenvalue weighted by atomic mass is 16.1. The van der Waals surface area contributed by atoms with Crippen LogP contribution in [0.25, 0.3) is 10.9 Å². The van der Waals surface area contributed by atoms with Gasteiger partial charge in [0.15, 0.2) is 0 Å². The second-order valence-corrected chi connectivity index (χ2v) is 5.46. The molecule has 6 heteroatoms. The maximum Gasteiger partial charge on any atom is 0.259 e. The van der Waals surface area contributed by atoms with E-state index in [1.54, 1.807) is 6.20 Å². The monoisotopic (exact) mass is 273 g/mol. The van der Waals surface area contributed by atoms with Gasteiger partial charge < -0.3 is 15.2 Å². The lowest BCUT2D eigenvalue weighted by Gasteiger charge is -2.22. The number of nitrogens with zero attached hydrogens (tertiary/aromatic N) is 3. The van der Waals surface area contributed by atoms with Crippen LogP contribution in [0.15, 0.2) is 17.1 Å². The van der Waals surface area contributed by atoms with Crippen LogP contribution in [0.1, 0.15) is 24.5 Å². The molecule has 2 aromatic heterocycles. The lowest BCUT2D eigenvalue weighted by molar-refractivity contribution is 0.454. The van der Waals surface area contributed by atoms with Gasteiger partial charge in [0.2, 0.25) is 5.95 Å². The molecule has 106 valence electrons. The molecule has 1 fully saturated rings. The summed E-state index contributed by atoms with van der Waals surface area (Å²) in [6, 6.07) is 1.99. The first-order valence-electron chi connectivity index (χ1n) is 6.93. The molecule has 3 rings (SSSR count). The summed E-state index contributed by atoms with van der Waals surface area (Å²) < 4.78 is 0. The predicted octanol–water partition coefficient (Wildman–Crippen LogP) is 0.851. The summed E-state index contributed by atoms with van der Waals surface area (Å²) >= 11 is 0. The van der Waals surface area contributed by atoms with Crippen LogP contribution in [0.5, 0.6) is 0 Å². The molecule has 20 heavy (non-hydrogen) atoms. The number of anilines is 1. The summed E-state index contributed by atoms with van der Waals surface area (Å²) in [5, 5.41) is 3.91. The summed E-state index contributed by atoms with van der Waals surface area (Å²) in [6.07, 6.45) is 3.83. The van der Waals surface area contributed by atoms with E-state index >= 15 is 0 Å². The van der Waals surface area contributed by atoms with Gasteiger partial charge in [0.25, 0.3) is 5.56 Å². The van der Waals surface area contributed by atoms with Crippen molar-refractivity contribution in [2.24, 2.45) is 0 Å². The molecule has 3 heterocycles. The van der Waals surface area contributed by atoms with Crippen LogP contribution in [-0.4, -0.2) is 42.1 Å². The maximum atomic E-state index is 12.2. The first-order chi connectivity index (χ1) is 9.65. The van der Waals surface area contributed by atoms with Crippen LogP contribution in [0.2, 0.25) is 0 Å². The van der Waals surface area contributed by atoms with E-state index in [1.807, 2.05) is 25.1 Å². The van der Waals surface area contributed by atoms with Crippen molar-refractivity contribution in [2.75, 3.05) is 32.1 Å². The summed E-state index contributed by atoms with van der Waals surface area (Å²) in [6.45, 7) is 1.97. The highest BCUT2D eigenvalue weighted by Gasteiger charge is 2.17. The molecule has 1 aliphatic rings. The fourth-order valence-corrected chi connectivity index (χ4v) is 2.60. The Morgan fingerprint density at radius 1 is 1.40 bits per heavy atom. The Hall–Kier alpha value is -1.95. The number of hydrogen-bond acceptors (Lipinski definition) is 5. The largest absolute Gasteiger partial charge is 0.347 e. The van der Waals surface area contributed by atoms with E-state index in [2.05, 4.69) is 20.3 Å². The van der Waals surface area contributed by atoms with Gasteiger partial charge in [-0.3, -0.25) is 4.79 Å². The van der Waals surface area contributed by atoms with Gasteiger partial charge in [0, 0.05) is 38.4 Å². The van der Waals surface area contributed by atoms with Crippen LogP contribution in [0, 0.1) is 0 Å². The Kier molecular flexibility index (Phi) is 3.40. The Morgan fingerprint density at radius 3 is 2.95 bits per heavy atom. The third kappa shape index (κ3) is 2.38. The first kappa shape index (κ1) is 13.1. The molecule has 1 aliphatic heterocycles. The fraction of sp³-hybridized carbons (Fsp3) is 0.500. The van der Waals surface area contributed by atoms with E-state index in [-0.39, 0.29) is 5.56 Å². The van der Waals surface area contributed by atoms with Crippen LogP contribution in [-0.2, 0) is 0 Å². The molecule has 0 spiro atoms. The van der Waals surface area contributed by atoms with E-state index in [9.17, 15) is 4.79 Å². The van der Waals surface area contributed by atoms with Crippen LogP contribution < -0.4 is 15.8 Å². The minimum Gasteiger partial charge on any atom is -0.347 e. The van der Waals surface area contributed by atoms with Gasteiger partial charge >= 0.3 is 0 Å². The molecule has 0 unspecified atom stereocenters. The number of aromatic nitrogens is 3. The Balaban J connectivity index is 2.08. The second-order valence-electron chi connectivity index (χ2n) is 5.46. The zero-order chi connectivity index (χ0) is 14.1. The topological polar surface area (TPSA) is 73.9 Å². The maximum absolute atomic E-state index is 12.2. The summed E-state index contributed by atoms with van der Waals surface area (Å²) in [5.74, 6) is 0.981. The highest BCUT2D eigenvalue weighted by molar-refractivity contribution is 5.78. The summed E-state index contributed by atoms with van der Waals surface area (Å²) in [4.78, 5) is 25.6. The van der Waals surface area contributed by atoms with Gasteiger partial charge in [0.05, 0.1) is 10.9 Å². The zero-order valence-electron chi connectivity index (χ0n) is 11.8. The van der Waals surface area contributed by atoms with E-state index in [0.29, 0.717) is 22.8 Å². The number of hydrogen-bond donors (Lipinski definition) is 2. The third-order valence-electron chi connectivity index (χ3n) is 3.74. The molecule has 0 radical (unpaired) electrons. The molecule has 2 N–H and O–H groups in total. The molecular formula is C14H19N5O. The van der Waals surface area contributed by atoms with Gasteiger partial charge in [0.1, 0.15) is 0 Å². The Morgan fingerprint density at radius 2 is 2.25 bits per heavy atom. The van der Waals surface area contributed by atoms with Crippen LogP contribution in [0.4, 0.5) is 5.95 Å². The van der Waals surface area contributed by atoms with Crippen molar-refractivity contribution >= 4 is 16.9 Å². The molecule has 1 saturated heterocycles. The standard InChI is InChI=1S/C14H19N5O/c1-19(2)14-16-8-10-12(18-14)6-11(17-13(10)20)9-4-3-5-15-7-9/h6,8-9,15H,3-5,7H2,1-2H3,(H,17,20)/t9-/m0/s1. The first-order valence-corrected chi connectivity index (χ1v) is 6.93. The zero-order valence-corrected chi connectivity index (χ0v) is 11.8. The molecular weight excluding hydrogens is 254 g/mol. The van der Waals surface area contributed by atoms with Crippen molar-refractivity contribution in [3.05, 3.63) is 28.3 Å². The van der Waals surface area contributed by atoms with Gasteiger partial charge in [-0.25, -0.2) is 9.97 Å². The number of rotatable bonds is 2. The van der Waals surface area contributed by atoms with Crippen LogP contribution in [0.3, 0.4) is 0 Å². The van der Waals surface area contributed by atoms with Gasteiger partial charge in [-0.05, 0) is 25.5 Å². The summed E-state index contributed by atoms with van der Waals surface area (Å²) in [7, 11) is 3.78. The van der Waals surface area contributed by atoms with E-state index in [4.69, 9.17) is 0 Å².